The molecule has 2 aromatic carbocycles. The molecule has 0 saturated carbocycles. The summed E-state index contributed by atoms with van der Waals surface area (Å²) >= 11 is 0. The number of rotatable bonds is 6. The van der Waals surface area contributed by atoms with Gasteiger partial charge in [0.15, 0.2) is 0 Å². The first-order valence-electron chi connectivity index (χ1n) is 7.66. The van der Waals surface area contributed by atoms with Crippen molar-refractivity contribution in [2.24, 2.45) is 4.99 Å². The van der Waals surface area contributed by atoms with Crippen molar-refractivity contribution in [3.05, 3.63) is 66.1 Å². The van der Waals surface area contributed by atoms with Gasteiger partial charge in [0.25, 0.3) is 0 Å². The molecule has 0 spiro atoms. The highest BCUT2D eigenvalue weighted by Gasteiger charge is 1.99. The maximum Gasteiger partial charge on any atom is 0.123 e. The summed E-state index contributed by atoms with van der Waals surface area (Å²) < 4.78 is 12.8. The Balaban J connectivity index is 1.46. The van der Waals surface area contributed by atoms with Crippen molar-refractivity contribution in [1.29, 1.82) is 0 Å². The quantitative estimate of drug-likeness (QED) is 0.464. The van der Waals surface area contributed by atoms with E-state index in [1.807, 2.05) is 36.7 Å². The Morgan fingerprint density at radius 1 is 1.00 bits per heavy atom. The van der Waals surface area contributed by atoms with Gasteiger partial charge in [-0.25, -0.2) is 4.39 Å². The van der Waals surface area contributed by atoms with Crippen LogP contribution in [0.1, 0.15) is 24.8 Å². The fourth-order valence-electron chi connectivity index (χ4n) is 2.54. The lowest BCUT2D eigenvalue weighted by atomic mass is 10.1. The summed E-state index contributed by atoms with van der Waals surface area (Å²) in [6.07, 6.45) is 8.05. The number of fused-ring (bicyclic) bond motifs is 1. The molecule has 112 valence electrons. The van der Waals surface area contributed by atoms with E-state index in [1.54, 1.807) is 0 Å². The van der Waals surface area contributed by atoms with Gasteiger partial charge >= 0.3 is 0 Å². The first kappa shape index (κ1) is 14.5. The minimum absolute atomic E-state index is 0.172. The predicted octanol–water partition coefficient (Wildman–Crippen LogP) is 5.42. The first-order valence-corrected chi connectivity index (χ1v) is 7.66. The molecule has 0 fully saturated rings. The maximum absolute atomic E-state index is 12.8. The minimum Gasteiger partial charge on any atom is -0.359 e. The van der Waals surface area contributed by atoms with E-state index in [1.165, 1.54) is 17.7 Å². The molecule has 0 radical (unpaired) electrons. The molecule has 3 aromatic rings. The lowest BCUT2D eigenvalue weighted by Gasteiger charge is -1.99. The Kier molecular flexibility index (Phi) is 4.64. The average molecular weight is 294 g/mol. The second kappa shape index (κ2) is 7.03. The molecular formula is C19H19FN2. The molecule has 0 bridgehead atoms. The van der Waals surface area contributed by atoms with Crippen LogP contribution in [0.4, 0.5) is 10.1 Å². The van der Waals surface area contributed by atoms with E-state index in [2.05, 4.69) is 22.1 Å². The molecule has 3 rings (SSSR count). The summed E-state index contributed by atoms with van der Waals surface area (Å²) in [4.78, 5) is 7.77. The zero-order valence-corrected chi connectivity index (χ0v) is 12.4. The fraction of sp³-hybridized carbons (Fsp3) is 0.211. The lowest BCUT2D eigenvalue weighted by Crippen LogP contribution is -1.86. The monoisotopic (exact) mass is 294 g/mol. The van der Waals surface area contributed by atoms with Crippen molar-refractivity contribution < 1.29 is 4.39 Å². The Hall–Kier alpha value is -2.42. The number of H-pyrrole nitrogens is 1. The Morgan fingerprint density at radius 2 is 1.82 bits per heavy atom. The lowest BCUT2D eigenvalue weighted by molar-refractivity contribution is 0.626. The van der Waals surface area contributed by atoms with Crippen molar-refractivity contribution in [1.82, 2.24) is 4.98 Å². The van der Waals surface area contributed by atoms with E-state index in [4.69, 9.17) is 0 Å². The number of unbranched alkanes of at least 4 members (excludes halogenated alkanes) is 2. The second-order valence-corrected chi connectivity index (χ2v) is 5.40. The number of nitrogens with one attached hydrogen (secondary N) is 1. The van der Waals surface area contributed by atoms with Crippen molar-refractivity contribution in [3.63, 3.8) is 0 Å². The summed E-state index contributed by atoms with van der Waals surface area (Å²) in [7, 11) is 0. The third kappa shape index (κ3) is 3.61. The summed E-state index contributed by atoms with van der Waals surface area (Å²) in [6.45, 7) is 0. The van der Waals surface area contributed by atoms with Crippen molar-refractivity contribution >= 4 is 22.8 Å². The Morgan fingerprint density at radius 3 is 2.68 bits per heavy atom. The molecule has 0 aliphatic heterocycles. The van der Waals surface area contributed by atoms with Gasteiger partial charge in [-0.1, -0.05) is 30.3 Å². The summed E-state index contributed by atoms with van der Waals surface area (Å²) in [5.41, 5.74) is 3.30. The molecule has 1 N–H and O–H groups in total. The fourth-order valence-corrected chi connectivity index (χ4v) is 2.54. The highest BCUT2D eigenvalue weighted by Crippen LogP contribution is 2.24. The number of para-hydroxylation sites is 1. The van der Waals surface area contributed by atoms with Gasteiger partial charge in [-0.15, -0.1) is 0 Å². The molecule has 0 atom stereocenters. The summed E-state index contributed by atoms with van der Waals surface area (Å²) in [5, 5.41) is 1.16. The molecule has 0 aliphatic rings. The molecule has 0 unspecified atom stereocenters. The van der Waals surface area contributed by atoms with Crippen LogP contribution in [0.25, 0.3) is 10.9 Å². The largest absolute Gasteiger partial charge is 0.359 e. The van der Waals surface area contributed by atoms with E-state index < -0.39 is 0 Å². The smallest absolute Gasteiger partial charge is 0.123 e. The molecule has 1 heterocycles. The van der Waals surface area contributed by atoms with Crippen LogP contribution in [0.15, 0.2) is 59.7 Å². The highest BCUT2D eigenvalue weighted by molar-refractivity contribution is 5.92. The third-order valence-electron chi connectivity index (χ3n) is 3.76. The number of hydrogen-bond donors (Lipinski definition) is 1. The Bertz CT molecular complexity index is 756. The van der Waals surface area contributed by atoms with Gasteiger partial charge in [-0.05, 0) is 49.4 Å². The van der Waals surface area contributed by atoms with Crippen molar-refractivity contribution in [3.8, 4) is 0 Å². The molecule has 1 aromatic heterocycles. The number of aliphatic imine (C=N–C) groups is 1. The number of nitrogens with zero attached hydrogens (tertiary/aromatic N) is 1. The van der Waals surface area contributed by atoms with Crippen LogP contribution in [0.3, 0.4) is 0 Å². The highest BCUT2D eigenvalue weighted by atomic mass is 19.1. The number of aryl methyl sites for hydroxylation is 1. The van der Waals surface area contributed by atoms with E-state index >= 15 is 0 Å². The second-order valence-electron chi connectivity index (χ2n) is 5.40. The van der Waals surface area contributed by atoms with Crippen LogP contribution in [0.2, 0.25) is 0 Å². The summed E-state index contributed by atoms with van der Waals surface area (Å²) in [5.74, 6) is -0.172. The number of hydrogen-bond acceptors (Lipinski definition) is 1. The normalized spacial score (nSPS) is 11.5. The van der Waals surface area contributed by atoms with Gasteiger partial charge in [0, 0.05) is 23.3 Å². The topological polar surface area (TPSA) is 28.1 Å². The van der Waals surface area contributed by atoms with Crippen LogP contribution in [-0.2, 0) is 6.42 Å². The minimum atomic E-state index is -0.172. The van der Waals surface area contributed by atoms with E-state index in [0.29, 0.717) is 0 Å². The van der Waals surface area contributed by atoms with Crippen molar-refractivity contribution in [2.75, 3.05) is 0 Å². The van der Waals surface area contributed by atoms with Crippen LogP contribution in [0.5, 0.6) is 0 Å². The molecule has 22 heavy (non-hydrogen) atoms. The van der Waals surface area contributed by atoms with Gasteiger partial charge in [0.05, 0.1) is 5.69 Å². The SMILES string of the molecule is Fc1ccc(CCCCC=Nc2c[nH]c3ccccc23)cc1. The molecule has 0 saturated heterocycles. The predicted molar refractivity (Wildman–Crippen MR) is 90.4 cm³/mol. The van der Waals surface area contributed by atoms with E-state index in [0.717, 1.165) is 42.3 Å². The average Bonchev–Trinajstić information content (AvgIpc) is 2.96. The van der Waals surface area contributed by atoms with Crippen LogP contribution < -0.4 is 0 Å². The number of aromatic nitrogens is 1. The van der Waals surface area contributed by atoms with Crippen LogP contribution in [0, 0.1) is 5.82 Å². The van der Waals surface area contributed by atoms with E-state index in [-0.39, 0.29) is 5.82 Å². The maximum atomic E-state index is 12.8. The van der Waals surface area contributed by atoms with Crippen LogP contribution in [-0.4, -0.2) is 11.2 Å². The van der Waals surface area contributed by atoms with Gasteiger partial charge in [-0.2, -0.15) is 0 Å². The molecule has 0 amide bonds. The standard InChI is InChI=1S/C19H19FN2/c20-16-11-9-15(10-12-16)6-2-1-5-13-21-19-14-22-18-8-4-3-7-17(18)19/h3-4,7-14,22H,1-2,5-6H2. The number of benzene rings is 2. The molecule has 3 heteroatoms. The van der Waals surface area contributed by atoms with Gasteiger partial charge in [0.1, 0.15) is 5.82 Å². The zero-order valence-electron chi connectivity index (χ0n) is 12.4. The first-order chi connectivity index (χ1) is 10.8. The third-order valence-corrected chi connectivity index (χ3v) is 3.76. The van der Waals surface area contributed by atoms with Crippen molar-refractivity contribution in [2.45, 2.75) is 25.7 Å². The number of aromatic amines is 1. The van der Waals surface area contributed by atoms with Gasteiger partial charge in [0.2, 0.25) is 0 Å². The van der Waals surface area contributed by atoms with Crippen LogP contribution >= 0.6 is 0 Å². The molecule has 0 aliphatic carbocycles. The Labute approximate surface area is 129 Å². The van der Waals surface area contributed by atoms with E-state index in [9.17, 15) is 4.39 Å². The molecule has 2 nitrogen and oxygen atoms in total. The molecular weight excluding hydrogens is 275 g/mol. The van der Waals surface area contributed by atoms with Gasteiger partial charge < -0.3 is 4.98 Å². The number of halogens is 1. The van der Waals surface area contributed by atoms with Gasteiger partial charge in [-0.3, -0.25) is 4.99 Å². The summed E-state index contributed by atoms with van der Waals surface area (Å²) in [6, 6.07) is 14.9. The zero-order chi connectivity index (χ0) is 15.2.